The monoisotopic (exact) mass is 360 g/mol. The highest BCUT2D eigenvalue weighted by molar-refractivity contribution is 6.15. The van der Waals surface area contributed by atoms with Gasteiger partial charge < -0.3 is 14.3 Å². The van der Waals surface area contributed by atoms with Crippen molar-refractivity contribution in [1.29, 1.82) is 0 Å². The van der Waals surface area contributed by atoms with E-state index >= 15 is 0 Å². The molecule has 1 aliphatic rings. The molecule has 0 spiro atoms. The van der Waals surface area contributed by atoms with Gasteiger partial charge in [0.15, 0.2) is 5.78 Å². The number of hydrogen-bond acceptors (Lipinski definition) is 5. The van der Waals surface area contributed by atoms with Crippen LogP contribution in [0.15, 0.2) is 64.6 Å². The molecule has 134 valence electrons. The summed E-state index contributed by atoms with van der Waals surface area (Å²) in [7, 11) is 1.33. The molecular formula is C22H16O5. The Kier molecular flexibility index (Phi) is 4.12. The summed E-state index contributed by atoms with van der Waals surface area (Å²) in [6, 6.07) is 15.4. The summed E-state index contributed by atoms with van der Waals surface area (Å²) in [5, 5.41) is 9.95. The summed E-state index contributed by atoms with van der Waals surface area (Å²) in [5.74, 6) is 0.568. The highest BCUT2D eigenvalue weighted by Gasteiger charge is 2.27. The van der Waals surface area contributed by atoms with Gasteiger partial charge in [0.2, 0.25) is 0 Å². The van der Waals surface area contributed by atoms with Crippen LogP contribution in [0.2, 0.25) is 0 Å². The smallest absolute Gasteiger partial charge is 0.338 e. The van der Waals surface area contributed by atoms with Crippen molar-refractivity contribution >= 4 is 17.8 Å². The number of benzene rings is 2. The van der Waals surface area contributed by atoms with Gasteiger partial charge in [0.25, 0.3) is 0 Å². The summed E-state index contributed by atoms with van der Waals surface area (Å²) in [4.78, 5) is 24.5. The molecule has 0 saturated carbocycles. The highest BCUT2D eigenvalue weighted by atomic mass is 16.5. The number of esters is 1. The first kappa shape index (κ1) is 16.8. The molecule has 0 atom stereocenters. The number of furan rings is 1. The van der Waals surface area contributed by atoms with E-state index < -0.39 is 5.97 Å². The molecule has 0 amide bonds. The quantitative estimate of drug-likeness (QED) is 0.558. The number of Topliss-reactive ketones (excluding diaryl/α,β-unsaturated/α-hetero) is 1. The van der Waals surface area contributed by atoms with Crippen LogP contribution >= 0.6 is 0 Å². The van der Waals surface area contributed by atoms with E-state index in [1.165, 1.54) is 7.11 Å². The first-order chi connectivity index (χ1) is 13.1. The minimum absolute atomic E-state index is 0.117. The normalized spacial score (nSPS) is 14.4. The zero-order valence-electron chi connectivity index (χ0n) is 14.6. The van der Waals surface area contributed by atoms with Crippen molar-refractivity contribution in [2.75, 3.05) is 7.11 Å². The molecule has 1 aliphatic carbocycles. The summed E-state index contributed by atoms with van der Waals surface area (Å²) >= 11 is 0. The molecule has 0 saturated heterocycles. The van der Waals surface area contributed by atoms with Crippen molar-refractivity contribution in [3.8, 4) is 17.1 Å². The van der Waals surface area contributed by atoms with Crippen LogP contribution in [0, 0.1) is 0 Å². The molecule has 0 fully saturated rings. The van der Waals surface area contributed by atoms with Gasteiger partial charge in [-0.1, -0.05) is 30.3 Å². The topological polar surface area (TPSA) is 76.7 Å². The van der Waals surface area contributed by atoms with Crippen molar-refractivity contribution in [2.24, 2.45) is 0 Å². The van der Waals surface area contributed by atoms with Gasteiger partial charge in [0, 0.05) is 28.7 Å². The zero-order valence-corrected chi connectivity index (χ0v) is 14.6. The lowest BCUT2D eigenvalue weighted by molar-refractivity contribution is 0.0601. The van der Waals surface area contributed by atoms with Gasteiger partial charge in [0.05, 0.1) is 12.7 Å². The number of fused-ring (bicyclic) bond motifs is 1. The fourth-order valence-electron chi connectivity index (χ4n) is 3.27. The van der Waals surface area contributed by atoms with E-state index in [0.717, 1.165) is 0 Å². The van der Waals surface area contributed by atoms with Crippen molar-refractivity contribution in [1.82, 2.24) is 0 Å². The minimum Gasteiger partial charge on any atom is -0.508 e. The molecule has 1 aromatic heterocycles. The summed E-state index contributed by atoms with van der Waals surface area (Å²) in [6.07, 6.45) is 2.03. The number of carbonyl (C=O) groups excluding carboxylic acids is 2. The van der Waals surface area contributed by atoms with Crippen LogP contribution in [-0.4, -0.2) is 24.0 Å². The number of ether oxygens (including phenoxy) is 1. The average molecular weight is 360 g/mol. The number of ketones is 1. The molecule has 4 rings (SSSR count). The second-order valence-corrected chi connectivity index (χ2v) is 6.22. The van der Waals surface area contributed by atoms with Crippen molar-refractivity contribution in [3.05, 3.63) is 82.6 Å². The second kappa shape index (κ2) is 6.61. The Morgan fingerprint density at radius 2 is 1.85 bits per heavy atom. The first-order valence-corrected chi connectivity index (χ1v) is 8.42. The fourth-order valence-corrected chi connectivity index (χ4v) is 3.27. The number of aromatic hydroxyl groups is 1. The Labute approximate surface area is 155 Å². The molecule has 5 heteroatoms. The molecule has 0 unspecified atom stereocenters. The Morgan fingerprint density at radius 1 is 1.07 bits per heavy atom. The number of hydrogen-bond donors (Lipinski definition) is 1. The van der Waals surface area contributed by atoms with E-state index in [9.17, 15) is 14.7 Å². The zero-order chi connectivity index (χ0) is 19.0. The van der Waals surface area contributed by atoms with E-state index in [2.05, 4.69) is 0 Å². The van der Waals surface area contributed by atoms with Crippen LogP contribution in [0.1, 0.15) is 32.0 Å². The summed E-state index contributed by atoms with van der Waals surface area (Å²) in [6.45, 7) is 0. The van der Waals surface area contributed by atoms with E-state index in [1.807, 2.05) is 6.07 Å². The molecule has 2 aromatic carbocycles. The fraction of sp³-hybridized carbons (Fsp3) is 0.0909. The lowest BCUT2D eigenvalue weighted by atomic mass is 10.1. The van der Waals surface area contributed by atoms with Crippen molar-refractivity contribution < 1.29 is 23.8 Å². The van der Waals surface area contributed by atoms with Gasteiger partial charge in [-0.3, -0.25) is 4.79 Å². The average Bonchev–Trinajstić information content (AvgIpc) is 3.28. The van der Waals surface area contributed by atoms with Crippen molar-refractivity contribution in [2.45, 2.75) is 6.42 Å². The van der Waals surface area contributed by atoms with Crippen LogP contribution < -0.4 is 0 Å². The molecule has 5 nitrogen and oxygen atoms in total. The van der Waals surface area contributed by atoms with Gasteiger partial charge in [-0.05, 0) is 30.3 Å². The highest BCUT2D eigenvalue weighted by Crippen LogP contribution is 2.34. The molecule has 1 heterocycles. The number of phenolic OH excluding ortho intramolecular Hbond substituents is 1. The SMILES string of the molecule is COC(=O)c1ccccc1-c1ccc(C=C2Cc3c(O)cccc3C2=O)o1. The number of carbonyl (C=O) groups is 2. The largest absolute Gasteiger partial charge is 0.508 e. The number of methoxy groups -OCH3 is 1. The molecule has 0 bridgehead atoms. The maximum Gasteiger partial charge on any atom is 0.338 e. The molecule has 3 aromatic rings. The van der Waals surface area contributed by atoms with Crippen LogP contribution in [-0.2, 0) is 11.2 Å². The lowest BCUT2D eigenvalue weighted by Gasteiger charge is -2.04. The molecule has 0 aliphatic heterocycles. The summed E-state index contributed by atoms with van der Waals surface area (Å²) in [5.41, 5.74) is 2.73. The van der Waals surface area contributed by atoms with Gasteiger partial charge >= 0.3 is 5.97 Å². The Balaban J connectivity index is 1.68. The van der Waals surface area contributed by atoms with E-state index in [4.69, 9.17) is 9.15 Å². The lowest BCUT2D eigenvalue weighted by Crippen LogP contribution is -2.02. The first-order valence-electron chi connectivity index (χ1n) is 8.42. The maximum absolute atomic E-state index is 12.5. The van der Waals surface area contributed by atoms with Gasteiger partial charge in [-0.2, -0.15) is 0 Å². The number of phenols is 1. The Hall–Kier alpha value is -3.60. The summed E-state index contributed by atoms with van der Waals surface area (Å²) < 4.78 is 10.7. The number of allylic oxidation sites excluding steroid dienone is 1. The Bertz CT molecular complexity index is 1090. The van der Waals surface area contributed by atoms with E-state index in [-0.39, 0.29) is 11.5 Å². The van der Waals surface area contributed by atoms with Gasteiger partial charge in [-0.15, -0.1) is 0 Å². The van der Waals surface area contributed by atoms with E-state index in [1.54, 1.807) is 54.6 Å². The van der Waals surface area contributed by atoms with Crippen LogP contribution in [0.25, 0.3) is 17.4 Å². The van der Waals surface area contributed by atoms with Crippen LogP contribution in [0.4, 0.5) is 0 Å². The molecule has 27 heavy (non-hydrogen) atoms. The third kappa shape index (κ3) is 2.93. The second-order valence-electron chi connectivity index (χ2n) is 6.22. The van der Waals surface area contributed by atoms with E-state index in [0.29, 0.717) is 45.8 Å². The standard InChI is InChI=1S/C22H16O5/c1-26-22(25)17-6-3-2-5-15(17)20-10-9-14(27-20)11-13-12-18-16(21(13)24)7-4-8-19(18)23/h2-11,23H,12H2,1H3. The Morgan fingerprint density at radius 3 is 2.63 bits per heavy atom. The van der Waals surface area contributed by atoms with Crippen LogP contribution in [0.5, 0.6) is 5.75 Å². The molecule has 1 N–H and O–H groups in total. The molecular weight excluding hydrogens is 344 g/mol. The predicted molar refractivity (Wildman–Crippen MR) is 99.6 cm³/mol. The number of rotatable bonds is 3. The van der Waals surface area contributed by atoms with Gasteiger partial charge in [-0.25, -0.2) is 4.79 Å². The molecule has 0 radical (unpaired) electrons. The third-order valence-electron chi connectivity index (χ3n) is 4.60. The predicted octanol–water partition coefficient (Wildman–Crippen LogP) is 4.26. The van der Waals surface area contributed by atoms with Crippen molar-refractivity contribution in [3.63, 3.8) is 0 Å². The third-order valence-corrected chi connectivity index (χ3v) is 4.60. The minimum atomic E-state index is -0.446. The maximum atomic E-state index is 12.5. The van der Waals surface area contributed by atoms with Crippen LogP contribution in [0.3, 0.4) is 0 Å². The van der Waals surface area contributed by atoms with Gasteiger partial charge in [0.1, 0.15) is 17.3 Å².